The number of hydrogen-bond donors (Lipinski definition) is 2. The molecule has 1 saturated heterocycles. The molecule has 3 aromatic rings. The molecule has 1 unspecified atom stereocenters. The number of benzene rings is 1. The van der Waals surface area contributed by atoms with Crippen LogP contribution in [0, 0.1) is 0 Å². The normalized spacial score (nSPS) is 16.2. The molecule has 9 nitrogen and oxygen atoms in total. The lowest BCUT2D eigenvalue weighted by Gasteiger charge is -2.24. The van der Waals surface area contributed by atoms with Crippen molar-refractivity contribution in [3.05, 3.63) is 54.6 Å². The average Bonchev–Trinajstić information content (AvgIpc) is 2.78. The highest BCUT2D eigenvalue weighted by Crippen LogP contribution is 2.23. The van der Waals surface area contributed by atoms with Crippen LogP contribution < -0.4 is 20.1 Å². The third-order valence-corrected chi connectivity index (χ3v) is 4.13. The molecule has 150 valence electrons. The first-order valence-corrected chi connectivity index (χ1v) is 9.00. The van der Waals surface area contributed by atoms with Crippen molar-refractivity contribution in [2.24, 2.45) is 0 Å². The summed E-state index contributed by atoms with van der Waals surface area (Å²) in [5.41, 5.74) is 1.98. The molecule has 1 aliphatic heterocycles. The molecular weight excluding hydrogens is 379 g/mol. The van der Waals surface area contributed by atoms with Crippen LogP contribution in [0.5, 0.6) is 17.5 Å². The highest BCUT2D eigenvalue weighted by atomic mass is 19.1. The number of rotatable bonds is 7. The fourth-order valence-corrected chi connectivity index (χ4v) is 2.72. The predicted molar refractivity (Wildman–Crippen MR) is 102 cm³/mol. The largest absolute Gasteiger partial charge is 0.460 e. The minimum absolute atomic E-state index is 0.0744. The molecule has 10 heteroatoms. The Bertz CT molecular complexity index is 903. The minimum Gasteiger partial charge on any atom is -0.460 e. The summed E-state index contributed by atoms with van der Waals surface area (Å²) in [4.78, 5) is 16.3. The standard InChI is InChI=1S/C19H19FN6O3/c20-12-28-15-7-24-19(25-8-15)29-16-9-22-18(23-10-16)26-14-3-1-13(2-4-14)17-11-21-5-6-27-17/h1-4,7-10,17,21H,5-6,11-12H2,(H,22,23,26). The average molecular weight is 398 g/mol. The minimum atomic E-state index is -0.944. The Morgan fingerprint density at radius 3 is 2.41 bits per heavy atom. The highest BCUT2D eigenvalue weighted by Gasteiger charge is 2.15. The van der Waals surface area contributed by atoms with E-state index in [0.717, 1.165) is 24.3 Å². The number of halogens is 1. The fraction of sp³-hybridized carbons (Fsp3) is 0.263. The first-order chi connectivity index (χ1) is 14.3. The van der Waals surface area contributed by atoms with Crippen molar-refractivity contribution in [2.75, 3.05) is 31.9 Å². The third-order valence-electron chi connectivity index (χ3n) is 4.13. The Kier molecular flexibility index (Phi) is 6.03. The van der Waals surface area contributed by atoms with Crippen LogP contribution in [0.1, 0.15) is 11.7 Å². The van der Waals surface area contributed by atoms with Crippen molar-refractivity contribution in [3.8, 4) is 17.5 Å². The predicted octanol–water partition coefficient (Wildman–Crippen LogP) is 2.77. The lowest BCUT2D eigenvalue weighted by Crippen LogP contribution is -2.33. The highest BCUT2D eigenvalue weighted by molar-refractivity contribution is 5.53. The number of aromatic nitrogens is 4. The summed E-state index contributed by atoms with van der Waals surface area (Å²) in [6.07, 6.45) is 5.71. The summed E-state index contributed by atoms with van der Waals surface area (Å²) < 4.78 is 27.9. The van der Waals surface area contributed by atoms with Gasteiger partial charge in [0.05, 0.1) is 37.5 Å². The number of anilines is 2. The smallest absolute Gasteiger partial charge is 0.322 e. The van der Waals surface area contributed by atoms with Crippen LogP contribution >= 0.6 is 0 Å². The summed E-state index contributed by atoms with van der Waals surface area (Å²) in [6.45, 7) is 1.47. The van der Waals surface area contributed by atoms with E-state index in [1.165, 1.54) is 24.8 Å². The maximum atomic E-state index is 12.1. The summed E-state index contributed by atoms with van der Waals surface area (Å²) >= 11 is 0. The lowest BCUT2D eigenvalue weighted by molar-refractivity contribution is 0.0277. The summed E-state index contributed by atoms with van der Waals surface area (Å²) in [5, 5.41) is 6.45. The molecule has 1 atom stereocenters. The number of alkyl halides is 1. The second-order valence-electron chi connectivity index (χ2n) is 6.11. The third kappa shape index (κ3) is 5.12. The molecule has 2 aromatic heterocycles. The van der Waals surface area contributed by atoms with Gasteiger partial charge in [-0.25, -0.2) is 14.4 Å². The van der Waals surface area contributed by atoms with Gasteiger partial charge in [-0.05, 0) is 17.7 Å². The Morgan fingerprint density at radius 1 is 1.03 bits per heavy atom. The number of nitrogens with one attached hydrogen (secondary N) is 2. The molecule has 1 fully saturated rings. The van der Waals surface area contributed by atoms with Crippen LogP contribution in [0.25, 0.3) is 0 Å². The van der Waals surface area contributed by atoms with Gasteiger partial charge in [-0.15, -0.1) is 0 Å². The van der Waals surface area contributed by atoms with E-state index in [4.69, 9.17) is 9.47 Å². The molecule has 1 aromatic carbocycles. The van der Waals surface area contributed by atoms with E-state index < -0.39 is 6.86 Å². The van der Waals surface area contributed by atoms with Crippen LogP contribution in [0.4, 0.5) is 16.0 Å². The van der Waals surface area contributed by atoms with Crippen LogP contribution in [-0.2, 0) is 4.74 Å². The van der Waals surface area contributed by atoms with Crippen LogP contribution in [0.15, 0.2) is 49.1 Å². The maximum Gasteiger partial charge on any atom is 0.322 e. The van der Waals surface area contributed by atoms with E-state index in [9.17, 15) is 4.39 Å². The zero-order valence-electron chi connectivity index (χ0n) is 15.4. The first kappa shape index (κ1) is 19.0. The first-order valence-electron chi connectivity index (χ1n) is 9.00. The van der Waals surface area contributed by atoms with E-state index in [0.29, 0.717) is 18.3 Å². The molecular formula is C19H19FN6O3. The maximum absolute atomic E-state index is 12.1. The van der Waals surface area contributed by atoms with Crippen molar-refractivity contribution in [3.63, 3.8) is 0 Å². The summed E-state index contributed by atoms with van der Waals surface area (Å²) in [7, 11) is 0. The van der Waals surface area contributed by atoms with Crippen molar-refractivity contribution < 1.29 is 18.6 Å². The summed E-state index contributed by atoms with van der Waals surface area (Å²) in [5.74, 6) is 1.01. The quantitative estimate of drug-likeness (QED) is 0.622. The topological polar surface area (TPSA) is 103 Å². The number of nitrogens with zero attached hydrogens (tertiary/aromatic N) is 4. The Labute approximate surface area is 166 Å². The van der Waals surface area contributed by atoms with Gasteiger partial charge in [0.2, 0.25) is 12.8 Å². The molecule has 0 bridgehead atoms. The fourth-order valence-electron chi connectivity index (χ4n) is 2.72. The Balaban J connectivity index is 1.34. The van der Waals surface area contributed by atoms with E-state index in [1.54, 1.807) is 0 Å². The molecule has 0 radical (unpaired) electrons. The molecule has 0 amide bonds. The van der Waals surface area contributed by atoms with Gasteiger partial charge < -0.3 is 24.8 Å². The van der Waals surface area contributed by atoms with Crippen molar-refractivity contribution >= 4 is 11.6 Å². The van der Waals surface area contributed by atoms with E-state index in [2.05, 4.69) is 35.3 Å². The number of morpholine rings is 1. The SMILES string of the molecule is FCOc1cnc(Oc2cnc(Nc3ccc(C4CNCCO4)cc3)nc2)nc1. The van der Waals surface area contributed by atoms with Gasteiger partial charge in [-0.2, -0.15) is 9.97 Å². The van der Waals surface area contributed by atoms with Gasteiger partial charge in [-0.1, -0.05) is 12.1 Å². The van der Waals surface area contributed by atoms with E-state index in [-0.39, 0.29) is 17.9 Å². The molecule has 0 saturated carbocycles. The van der Waals surface area contributed by atoms with Crippen LogP contribution in [0.3, 0.4) is 0 Å². The molecule has 2 N–H and O–H groups in total. The van der Waals surface area contributed by atoms with Gasteiger partial charge in [-0.3, -0.25) is 0 Å². The lowest BCUT2D eigenvalue weighted by atomic mass is 10.1. The van der Waals surface area contributed by atoms with Crippen molar-refractivity contribution in [1.82, 2.24) is 25.3 Å². The Hall–Kier alpha value is -3.37. The van der Waals surface area contributed by atoms with Crippen LogP contribution in [-0.4, -0.2) is 46.5 Å². The Morgan fingerprint density at radius 2 is 1.76 bits per heavy atom. The zero-order chi connectivity index (χ0) is 19.9. The molecule has 3 heterocycles. The number of ether oxygens (including phenoxy) is 3. The summed E-state index contributed by atoms with van der Waals surface area (Å²) in [6, 6.07) is 8.03. The molecule has 29 heavy (non-hydrogen) atoms. The van der Waals surface area contributed by atoms with Gasteiger partial charge >= 0.3 is 6.01 Å². The van der Waals surface area contributed by atoms with E-state index >= 15 is 0 Å². The van der Waals surface area contributed by atoms with E-state index in [1.807, 2.05) is 24.3 Å². The van der Waals surface area contributed by atoms with Crippen molar-refractivity contribution in [2.45, 2.75) is 6.10 Å². The van der Waals surface area contributed by atoms with Crippen molar-refractivity contribution in [1.29, 1.82) is 0 Å². The van der Waals surface area contributed by atoms with Gasteiger partial charge in [0.1, 0.15) is 0 Å². The molecule has 0 spiro atoms. The molecule has 0 aliphatic carbocycles. The van der Waals surface area contributed by atoms with Crippen LogP contribution in [0.2, 0.25) is 0 Å². The number of hydrogen-bond acceptors (Lipinski definition) is 9. The monoisotopic (exact) mass is 398 g/mol. The van der Waals surface area contributed by atoms with Gasteiger partial charge in [0.25, 0.3) is 0 Å². The second kappa shape index (κ2) is 9.22. The van der Waals surface area contributed by atoms with Gasteiger partial charge in [0.15, 0.2) is 11.5 Å². The second-order valence-corrected chi connectivity index (χ2v) is 6.11. The molecule has 4 rings (SSSR count). The zero-order valence-corrected chi connectivity index (χ0v) is 15.4. The van der Waals surface area contributed by atoms with Gasteiger partial charge in [0, 0.05) is 18.8 Å². The molecule has 1 aliphatic rings.